The Morgan fingerprint density at radius 3 is 2.37 bits per heavy atom. The van der Waals surface area contributed by atoms with E-state index in [1.54, 1.807) is 89.6 Å². The van der Waals surface area contributed by atoms with Crippen LogP contribution in [-0.4, -0.2) is 27.2 Å². The van der Waals surface area contributed by atoms with Crippen molar-refractivity contribution in [2.24, 2.45) is 0 Å². The van der Waals surface area contributed by atoms with Gasteiger partial charge < -0.3 is 13.9 Å². The van der Waals surface area contributed by atoms with Crippen LogP contribution in [0.25, 0.3) is 66.9 Å². The topological polar surface area (TPSA) is 44.9 Å². The minimum Gasteiger partial charge on any atom is -0.503 e. The molecule has 0 atom stereocenters. The second-order valence-corrected chi connectivity index (χ2v) is 14.7. The Bertz CT molecular complexity index is 3270. The van der Waals surface area contributed by atoms with Crippen molar-refractivity contribution in [3.05, 3.63) is 158 Å². The molecule has 6 aromatic carbocycles. The third kappa shape index (κ3) is 4.93. The Hall–Kier alpha value is -5.55. The molecule has 7 heteroatoms. The van der Waals surface area contributed by atoms with Gasteiger partial charge in [-0.2, -0.15) is 6.07 Å². The van der Waals surface area contributed by atoms with Crippen molar-refractivity contribution in [2.75, 3.05) is 0 Å². The third-order valence-corrected chi connectivity index (χ3v) is 11.7. The first kappa shape index (κ1) is 21.6. The van der Waals surface area contributed by atoms with E-state index in [0.717, 1.165) is 16.3 Å². The van der Waals surface area contributed by atoms with Crippen molar-refractivity contribution < 1.29 is 40.9 Å². The molecule has 0 spiro atoms. The average molecular weight is 865 g/mol. The van der Waals surface area contributed by atoms with Gasteiger partial charge in [0.25, 0.3) is 0 Å². The summed E-state index contributed by atoms with van der Waals surface area (Å²) < 4.78 is 105. The van der Waals surface area contributed by atoms with Crippen molar-refractivity contribution in [3.8, 4) is 45.5 Å². The zero-order valence-corrected chi connectivity index (χ0v) is 29.8. The molecular weight excluding hydrogens is 824 g/mol. The number of ether oxygens (including phenoxy) is 1. The first-order valence-corrected chi connectivity index (χ1v) is 17.9. The van der Waals surface area contributed by atoms with E-state index in [1.807, 2.05) is 34.9 Å². The maximum absolute atomic E-state index is 8.77. The number of imidazole rings is 1. The quantitative estimate of drug-likeness (QED) is 0.128. The molecule has 10 rings (SSSR count). The van der Waals surface area contributed by atoms with Crippen LogP contribution >= 0.6 is 0 Å². The number of aromatic nitrogens is 4. The van der Waals surface area contributed by atoms with Gasteiger partial charge in [0.1, 0.15) is 13.9 Å². The molecule has 1 aliphatic heterocycles. The molecule has 51 heavy (non-hydrogen) atoms. The third-order valence-electron chi connectivity index (χ3n) is 9.20. The summed E-state index contributed by atoms with van der Waals surface area (Å²) in [5.41, 5.74) is 3.81. The molecule has 246 valence electrons. The van der Waals surface area contributed by atoms with Gasteiger partial charge >= 0.3 is 21.1 Å². The van der Waals surface area contributed by atoms with Gasteiger partial charge in [0, 0.05) is 37.1 Å². The second-order valence-electron chi connectivity index (χ2n) is 12.1. The number of hydrogen-bond acceptors (Lipinski definition) is 3. The zero-order chi connectivity index (χ0) is 42.7. The summed E-state index contributed by atoms with van der Waals surface area (Å²) in [4.78, 5) is 9.66. The minimum atomic E-state index is -4.45. The summed E-state index contributed by atoms with van der Waals surface area (Å²) in [6.07, 6.45) is 1.58. The molecule has 0 radical (unpaired) electrons. The molecule has 0 unspecified atom stereocenters. The smallest absolute Gasteiger partial charge is 0.503 e. The van der Waals surface area contributed by atoms with Gasteiger partial charge in [-0.05, 0) is 63.2 Å². The predicted molar refractivity (Wildman–Crippen MR) is 205 cm³/mol. The molecule has 5 nitrogen and oxygen atoms in total. The van der Waals surface area contributed by atoms with Gasteiger partial charge in [0.05, 0.1) is 23.7 Å². The van der Waals surface area contributed by atoms with Crippen LogP contribution in [0.3, 0.4) is 0 Å². The number of para-hydroxylation sites is 4. The van der Waals surface area contributed by atoms with Crippen molar-refractivity contribution in [1.29, 1.82) is 0 Å². The van der Waals surface area contributed by atoms with Crippen molar-refractivity contribution in [1.82, 2.24) is 19.1 Å². The number of pyridine rings is 1. The molecule has 4 heterocycles. The van der Waals surface area contributed by atoms with E-state index in [-0.39, 0.29) is 55.6 Å². The van der Waals surface area contributed by atoms with Gasteiger partial charge in [-0.25, -0.2) is 4.98 Å². The van der Waals surface area contributed by atoms with Crippen LogP contribution in [0.1, 0.15) is 15.1 Å². The molecule has 0 saturated heterocycles. The van der Waals surface area contributed by atoms with Crippen LogP contribution in [0, 0.1) is 12.1 Å². The summed E-state index contributed by atoms with van der Waals surface area (Å²) in [5, 5.41) is 2.28. The maximum Gasteiger partial charge on any atom is 2.00 e. The molecule has 0 aliphatic carbocycles. The first-order chi connectivity index (χ1) is 29.1. The van der Waals surface area contributed by atoms with E-state index in [2.05, 4.69) is 12.1 Å². The van der Waals surface area contributed by atoms with Crippen LogP contribution < -0.4 is 15.1 Å². The van der Waals surface area contributed by atoms with Crippen molar-refractivity contribution in [3.63, 3.8) is 0 Å². The SMILES string of the molecule is [2H]c1c([2H])c([2H])c(-n2c(-c3[c-]c(Oc4[c-]c5c(cc4)c4ccccc4n5-c4cc5c(cn4)-c4ccccc4[Si]5(C([2H])([2H])[2H])C([2H])([2H])[2H])ccc3)nc3ccccc32)c([2H])c1[2H].[Pt+2]. The van der Waals surface area contributed by atoms with E-state index in [4.69, 9.17) is 29.8 Å². The average Bonchev–Trinajstić information content (AvgIpc) is 3.88. The summed E-state index contributed by atoms with van der Waals surface area (Å²) in [5.74, 6) is 1.18. The number of fused-ring (bicyclic) bond motifs is 7. The summed E-state index contributed by atoms with van der Waals surface area (Å²) in [6, 6.07) is 36.5. The summed E-state index contributed by atoms with van der Waals surface area (Å²) >= 11 is 0. The van der Waals surface area contributed by atoms with E-state index < -0.39 is 39.2 Å². The molecule has 9 aromatic rings. The van der Waals surface area contributed by atoms with Crippen LogP contribution in [0.15, 0.2) is 146 Å². The molecule has 0 saturated carbocycles. The molecule has 3 aromatic heterocycles. The van der Waals surface area contributed by atoms with E-state index in [9.17, 15) is 0 Å². The zero-order valence-electron chi connectivity index (χ0n) is 37.5. The maximum atomic E-state index is 8.77. The number of benzene rings is 6. The Labute approximate surface area is 326 Å². The van der Waals surface area contributed by atoms with Gasteiger partial charge in [-0.3, -0.25) is 4.98 Å². The van der Waals surface area contributed by atoms with Crippen LogP contribution in [-0.2, 0) is 21.1 Å². The Balaban J connectivity index is 0.00000490. The fourth-order valence-corrected chi connectivity index (χ4v) is 9.20. The Morgan fingerprint density at radius 2 is 1.49 bits per heavy atom. The molecular formula is C44H30N4OPtSi. The van der Waals surface area contributed by atoms with Gasteiger partial charge in [0.15, 0.2) is 0 Å². The number of hydrogen-bond donors (Lipinski definition) is 0. The van der Waals surface area contributed by atoms with Crippen LogP contribution in [0.2, 0.25) is 13.0 Å². The van der Waals surface area contributed by atoms with Crippen LogP contribution in [0.4, 0.5) is 0 Å². The molecule has 0 N–H and O–H groups in total. The predicted octanol–water partition coefficient (Wildman–Crippen LogP) is 9.38. The Morgan fingerprint density at radius 1 is 0.706 bits per heavy atom. The normalized spacial score (nSPS) is 16.5. The standard InChI is InChI=1S/C44H30N4OSi.Pt/c1-50(2)41-22-11-7-18-35(41)36-28-45-43(27-42(36)50)48-38-20-9-6-17-33(38)34-24-23-32(26-40(34)48)49-31-16-12-13-29(25-31)44-46-37-19-8-10-21-39(37)47(44)30-14-4-3-5-15-30;/h3-24,27-28H,1-2H3;/q-2;+2/i1D3,2D3,3D,4D,5D,14D,15D;. The molecule has 0 fully saturated rings. The van der Waals surface area contributed by atoms with Crippen molar-refractivity contribution >= 4 is 51.3 Å². The summed E-state index contributed by atoms with van der Waals surface area (Å²) in [7, 11) is -4.45. The first-order valence-electron chi connectivity index (χ1n) is 21.4. The number of rotatable bonds is 5. The fraction of sp³-hybridized carbons (Fsp3) is 0.0455. The molecule has 0 bridgehead atoms. The molecule has 1 aliphatic rings. The van der Waals surface area contributed by atoms with E-state index >= 15 is 0 Å². The minimum absolute atomic E-state index is 0. The van der Waals surface area contributed by atoms with E-state index in [1.165, 1.54) is 0 Å². The van der Waals surface area contributed by atoms with Crippen LogP contribution in [0.5, 0.6) is 11.5 Å². The monoisotopic (exact) mass is 864 g/mol. The van der Waals surface area contributed by atoms with E-state index in [0.29, 0.717) is 50.0 Å². The second kappa shape index (κ2) is 12.0. The Kier molecular flexibility index (Phi) is 5.11. The molecule has 0 amide bonds. The van der Waals surface area contributed by atoms with Gasteiger partial charge in [-0.1, -0.05) is 97.3 Å². The fourth-order valence-electron chi connectivity index (χ4n) is 7.00. The largest absolute Gasteiger partial charge is 2.00 e. The number of nitrogens with zero attached hydrogens (tertiary/aromatic N) is 4. The van der Waals surface area contributed by atoms with Gasteiger partial charge in [0.2, 0.25) is 0 Å². The van der Waals surface area contributed by atoms with Gasteiger partial charge in [-0.15, -0.1) is 41.3 Å². The summed E-state index contributed by atoms with van der Waals surface area (Å²) in [6.45, 7) is -5.62. The van der Waals surface area contributed by atoms with Crippen molar-refractivity contribution in [2.45, 2.75) is 13.0 Å².